The molecule has 7 nitrogen and oxygen atoms in total. The molecule has 1 amide bonds. The van der Waals surface area contributed by atoms with Crippen molar-refractivity contribution in [3.63, 3.8) is 0 Å². The number of aromatic nitrogens is 2. The standard InChI is InChI=1S/C14H10FN5O2/c15-7-3-1-6(2-4-7)9-8(5-16)12(21)18-11-10(9)13(22)20-14(17)19-11/h1-4,8-9H,(H4,17,18,19,20,21,22). The van der Waals surface area contributed by atoms with Crippen LogP contribution in [0.5, 0.6) is 0 Å². The molecule has 3 rings (SSSR count). The van der Waals surface area contributed by atoms with Gasteiger partial charge in [-0.3, -0.25) is 14.6 Å². The third kappa shape index (κ3) is 2.09. The molecule has 0 spiro atoms. The van der Waals surface area contributed by atoms with Gasteiger partial charge in [-0.05, 0) is 17.7 Å². The monoisotopic (exact) mass is 299 g/mol. The SMILES string of the molecule is N#CC1C(=O)Nc2nc(N)[nH]c(=O)c2C1c1ccc(F)cc1. The van der Waals surface area contributed by atoms with Gasteiger partial charge in [-0.25, -0.2) is 4.39 Å². The zero-order valence-corrected chi connectivity index (χ0v) is 11.1. The van der Waals surface area contributed by atoms with Crippen molar-refractivity contribution in [3.05, 3.63) is 51.6 Å². The highest BCUT2D eigenvalue weighted by atomic mass is 19.1. The van der Waals surface area contributed by atoms with Crippen LogP contribution in [-0.2, 0) is 4.79 Å². The molecular formula is C14H10FN5O2. The Morgan fingerprint density at radius 1 is 1.27 bits per heavy atom. The number of nitriles is 1. The van der Waals surface area contributed by atoms with E-state index in [-0.39, 0.29) is 17.3 Å². The largest absolute Gasteiger partial charge is 0.369 e. The third-order valence-corrected chi connectivity index (χ3v) is 3.51. The van der Waals surface area contributed by atoms with Crippen molar-refractivity contribution in [1.82, 2.24) is 9.97 Å². The number of benzene rings is 1. The lowest BCUT2D eigenvalue weighted by Crippen LogP contribution is -2.38. The number of hydrogen-bond donors (Lipinski definition) is 3. The lowest BCUT2D eigenvalue weighted by Gasteiger charge is -2.28. The van der Waals surface area contributed by atoms with Crippen LogP contribution >= 0.6 is 0 Å². The van der Waals surface area contributed by atoms with Crippen LogP contribution < -0.4 is 16.6 Å². The van der Waals surface area contributed by atoms with Crippen molar-refractivity contribution in [2.24, 2.45) is 5.92 Å². The number of anilines is 2. The summed E-state index contributed by atoms with van der Waals surface area (Å²) in [5, 5.41) is 11.7. The van der Waals surface area contributed by atoms with Gasteiger partial charge < -0.3 is 11.1 Å². The van der Waals surface area contributed by atoms with Gasteiger partial charge >= 0.3 is 0 Å². The number of fused-ring (bicyclic) bond motifs is 1. The molecule has 2 unspecified atom stereocenters. The van der Waals surface area contributed by atoms with Crippen molar-refractivity contribution in [2.75, 3.05) is 11.1 Å². The predicted molar refractivity (Wildman–Crippen MR) is 75.2 cm³/mol. The molecule has 0 fully saturated rings. The van der Waals surface area contributed by atoms with E-state index < -0.39 is 29.1 Å². The molecular weight excluding hydrogens is 289 g/mol. The molecule has 1 aromatic heterocycles. The molecule has 1 aliphatic rings. The number of nitrogens with zero attached hydrogens (tertiary/aromatic N) is 2. The van der Waals surface area contributed by atoms with Gasteiger partial charge in [0.05, 0.1) is 11.6 Å². The first-order valence-corrected chi connectivity index (χ1v) is 6.37. The van der Waals surface area contributed by atoms with Crippen LogP contribution in [0.4, 0.5) is 16.2 Å². The molecule has 22 heavy (non-hydrogen) atoms. The predicted octanol–water partition coefficient (Wildman–Crippen LogP) is 0.715. The van der Waals surface area contributed by atoms with E-state index in [2.05, 4.69) is 15.3 Å². The van der Waals surface area contributed by atoms with Gasteiger partial charge in [0, 0.05) is 5.92 Å². The van der Waals surface area contributed by atoms with Crippen LogP contribution in [0.2, 0.25) is 0 Å². The van der Waals surface area contributed by atoms with Crippen molar-refractivity contribution in [2.45, 2.75) is 5.92 Å². The van der Waals surface area contributed by atoms with Gasteiger partial charge in [0.25, 0.3) is 5.56 Å². The molecule has 0 bridgehead atoms. The molecule has 0 saturated heterocycles. The van der Waals surface area contributed by atoms with Gasteiger partial charge in [-0.1, -0.05) is 12.1 Å². The maximum absolute atomic E-state index is 13.1. The Balaban J connectivity index is 2.26. The number of nitrogen functional groups attached to an aromatic ring is 1. The number of halogens is 1. The Morgan fingerprint density at radius 2 is 1.95 bits per heavy atom. The summed E-state index contributed by atoms with van der Waals surface area (Å²) in [5.74, 6) is -3.12. The van der Waals surface area contributed by atoms with Crippen LogP contribution in [-0.4, -0.2) is 15.9 Å². The highest BCUT2D eigenvalue weighted by molar-refractivity contribution is 5.97. The van der Waals surface area contributed by atoms with E-state index in [1.807, 2.05) is 6.07 Å². The highest BCUT2D eigenvalue weighted by Gasteiger charge is 2.40. The van der Waals surface area contributed by atoms with Gasteiger partial charge in [0.2, 0.25) is 11.9 Å². The Labute approximate surface area is 123 Å². The summed E-state index contributed by atoms with van der Waals surface area (Å²) in [6, 6.07) is 7.15. The molecule has 0 aliphatic carbocycles. The minimum atomic E-state index is -1.12. The van der Waals surface area contributed by atoms with E-state index in [0.29, 0.717) is 5.56 Å². The second kappa shape index (κ2) is 4.96. The Kier molecular flexibility index (Phi) is 3.10. The van der Waals surface area contributed by atoms with Crippen molar-refractivity contribution in [1.29, 1.82) is 5.26 Å². The molecule has 8 heteroatoms. The van der Waals surface area contributed by atoms with Crippen molar-refractivity contribution < 1.29 is 9.18 Å². The van der Waals surface area contributed by atoms with Gasteiger partial charge in [-0.2, -0.15) is 10.2 Å². The van der Waals surface area contributed by atoms with Crippen LogP contribution in [0.1, 0.15) is 17.0 Å². The average Bonchev–Trinajstić information content (AvgIpc) is 2.46. The maximum atomic E-state index is 13.1. The Hall–Kier alpha value is -3.21. The highest BCUT2D eigenvalue weighted by Crippen LogP contribution is 2.37. The summed E-state index contributed by atoms with van der Waals surface area (Å²) in [5.41, 5.74) is 5.53. The minimum Gasteiger partial charge on any atom is -0.369 e. The number of rotatable bonds is 1. The summed E-state index contributed by atoms with van der Waals surface area (Å²) >= 11 is 0. The fraction of sp³-hybridized carbons (Fsp3) is 0.143. The quantitative estimate of drug-likeness (QED) is 0.715. The topological polar surface area (TPSA) is 125 Å². The number of carbonyl (C=O) groups is 1. The smallest absolute Gasteiger partial charge is 0.258 e. The molecule has 2 heterocycles. The fourth-order valence-electron chi connectivity index (χ4n) is 2.56. The lowest BCUT2D eigenvalue weighted by atomic mass is 9.79. The minimum absolute atomic E-state index is 0.0204. The Morgan fingerprint density at radius 3 is 2.59 bits per heavy atom. The molecule has 0 radical (unpaired) electrons. The number of hydrogen-bond acceptors (Lipinski definition) is 5. The summed E-state index contributed by atoms with van der Waals surface area (Å²) in [7, 11) is 0. The number of H-pyrrole nitrogens is 1. The normalized spacial score (nSPS) is 19.9. The Bertz CT molecular complexity index is 853. The zero-order valence-electron chi connectivity index (χ0n) is 11.1. The first-order chi connectivity index (χ1) is 10.5. The molecule has 0 saturated carbocycles. The van der Waals surface area contributed by atoms with E-state index in [0.717, 1.165) is 0 Å². The second-order valence-electron chi connectivity index (χ2n) is 4.84. The van der Waals surface area contributed by atoms with Gasteiger partial charge in [0.15, 0.2) is 0 Å². The fourth-order valence-corrected chi connectivity index (χ4v) is 2.56. The zero-order chi connectivity index (χ0) is 15.9. The number of aromatic amines is 1. The van der Waals surface area contributed by atoms with Crippen molar-refractivity contribution in [3.8, 4) is 6.07 Å². The molecule has 1 aliphatic heterocycles. The maximum Gasteiger partial charge on any atom is 0.258 e. The van der Waals surface area contributed by atoms with Crippen LogP contribution in [0.15, 0.2) is 29.1 Å². The summed E-state index contributed by atoms with van der Waals surface area (Å²) in [4.78, 5) is 30.5. The van der Waals surface area contributed by atoms with Crippen LogP contribution in [0.25, 0.3) is 0 Å². The van der Waals surface area contributed by atoms with E-state index in [1.54, 1.807) is 0 Å². The van der Waals surface area contributed by atoms with E-state index >= 15 is 0 Å². The molecule has 110 valence electrons. The summed E-state index contributed by atoms with van der Waals surface area (Å²) in [6.45, 7) is 0. The molecule has 2 atom stereocenters. The number of amides is 1. The summed E-state index contributed by atoms with van der Waals surface area (Å²) < 4.78 is 13.1. The van der Waals surface area contributed by atoms with Gasteiger partial charge in [0.1, 0.15) is 17.6 Å². The molecule has 2 aromatic rings. The number of nitrogens with two attached hydrogens (primary N) is 1. The van der Waals surface area contributed by atoms with Crippen molar-refractivity contribution >= 4 is 17.7 Å². The van der Waals surface area contributed by atoms with Crippen LogP contribution in [0, 0.1) is 23.1 Å². The average molecular weight is 299 g/mol. The number of nitrogens with one attached hydrogen (secondary N) is 2. The lowest BCUT2D eigenvalue weighted by molar-refractivity contribution is -0.119. The first-order valence-electron chi connectivity index (χ1n) is 6.37. The first kappa shape index (κ1) is 13.8. The molecule has 1 aromatic carbocycles. The second-order valence-corrected chi connectivity index (χ2v) is 4.84. The van der Waals surface area contributed by atoms with Gasteiger partial charge in [-0.15, -0.1) is 0 Å². The summed E-state index contributed by atoms with van der Waals surface area (Å²) in [6.07, 6.45) is 0. The van der Waals surface area contributed by atoms with Crippen LogP contribution in [0.3, 0.4) is 0 Å². The van der Waals surface area contributed by atoms with E-state index in [4.69, 9.17) is 5.73 Å². The van der Waals surface area contributed by atoms with E-state index in [9.17, 15) is 19.2 Å². The van der Waals surface area contributed by atoms with E-state index in [1.165, 1.54) is 24.3 Å². The molecule has 4 N–H and O–H groups in total. The third-order valence-electron chi connectivity index (χ3n) is 3.51. The number of carbonyl (C=O) groups excluding carboxylic acids is 1.